The molecule has 0 aliphatic carbocycles. The molecule has 2 saturated heterocycles. The molecule has 2 heterocycles. The van der Waals surface area contributed by atoms with E-state index >= 15 is 4.39 Å². The summed E-state index contributed by atoms with van der Waals surface area (Å²) >= 11 is 0. The number of alkyl halides is 1. The van der Waals surface area contributed by atoms with Gasteiger partial charge in [-0.3, -0.25) is 14.5 Å². The minimum atomic E-state index is -2.19. The number of carbonyl (C=O) groups excluding carboxylic acids is 3. The Morgan fingerprint density at radius 1 is 1.03 bits per heavy atom. The van der Waals surface area contributed by atoms with Crippen LogP contribution in [0.2, 0.25) is 0 Å². The Bertz CT molecular complexity index is 1110. The lowest BCUT2D eigenvalue weighted by Crippen LogP contribution is -2.45. The molecule has 2 amide bonds. The van der Waals surface area contributed by atoms with E-state index in [0.29, 0.717) is 5.75 Å². The standard InChI is InChI=1S/C27H31FN2O6/c1-26(2,24(32)35-16-20-9-11-21(34-3)12-10-20)18-29-15-22-27(28,23(29)31)13-14-30(22)25(33)36-17-19-7-5-4-6-8-19/h4-12,22H,13-18H2,1-3H3. The average molecular weight is 499 g/mol. The minimum absolute atomic E-state index is 0.00897. The number of amides is 2. The zero-order valence-electron chi connectivity index (χ0n) is 20.7. The SMILES string of the molecule is COc1ccc(COC(=O)C(C)(C)CN2CC3N(C(=O)OCc4ccccc4)CCC3(F)C2=O)cc1. The number of benzene rings is 2. The fourth-order valence-corrected chi connectivity index (χ4v) is 4.66. The van der Waals surface area contributed by atoms with Crippen LogP contribution < -0.4 is 4.74 Å². The number of fused-ring (bicyclic) bond motifs is 1. The van der Waals surface area contributed by atoms with Crippen molar-refractivity contribution in [3.8, 4) is 5.75 Å². The van der Waals surface area contributed by atoms with Gasteiger partial charge in [-0.15, -0.1) is 0 Å². The van der Waals surface area contributed by atoms with E-state index in [-0.39, 0.29) is 39.3 Å². The van der Waals surface area contributed by atoms with Crippen molar-refractivity contribution in [1.82, 2.24) is 9.80 Å². The van der Waals surface area contributed by atoms with Crippen LogP contribution in [-0.4, -0.2) is 66.2 Å². The van der Waals surface area contributed by atoms with Gasteiger partial charge in [-0.1, -0.05) is 42.5 Å². The van der Waals surface area contributed by atoms with Crippen LogP contribution >= 0.6 is 0 Å². The molecule has 2 aromatic rings. The molecule has 0 radical (unpaired) electrons. The number of halogens is 1. The lowest BCUT2D eigenvalue weighted by molar-refractivity contribution is -0.157. The van der Waals surface area contributed by atoms with Crippen molar-refractivity contribution in [2.24, 2.45) is 5.41 Å². The third kappa shape index (κ3) is 5.15. The Morgan fingerprint density at radius 3 is 2.33 bits per heavy atom. The van der Waals surface area contributed by atoms with Gasteiger partial charge in [0.15, 0.2) is 0 Å². The minimum Gasteiger partial charge on any atom is -0.497 e. The number of hydrogen-bond donors (Lipinski definition) is 0. The first-order chi connectivity index (χ1) is 17.1. The smallest absolute Gasteiger partial charge is 0.410 e. The Kier molecular flexibility index (Phi) is 7.19. The van der Waals surface area contributed by atoms with Gasteiger partial charge in [-0.2, -0.15) is 0 Å². The predicted molar refractivity (Wildman–Crippen MR) is 129 cm³/mol. The van der Waals surface area contributed by atoms with E-state index in [4.69, 9.17) is 14.2 Å². The summed E-state index contributed by atoms with van der Waals surface area (Å²) in [5, 5.41) is 0. The van der Waals surface area contributed by atoms with Crippen LogP contribution in [0.1, 0.15) is 31.4 Å². The van der Waals surface area contributed by atoms with Gasteiger partial charge in [0, 0.05) is 26.1 Å². The number of carbonyl (C=O) groups is 3. The number of methoxy groups -OCH3 is 1. The summed E-state index contributed by atoms with van der Waals surface area (Å²) in [5.41, 5.74) is -1.65. The predicted octanol–water partition coefficient (Wildman–Crippen LogP) is 3.73. The Balaban J connectivity index is 1.35. The highest BCUT2D eigenvalue weighted by Gasteiger charge is 2.62. The first kappa shape index (κ1) is 25.5. The Hall–Kier alpha value is -3.62. The molecule has 2 unspecified atom stereocenters. The van der Waals surface area contributed by atoms with E-state index in [1.165, 1.54) is 9.80 Å². The van der Waals surface area contributed by atoms with Gasteiger partial charge in [-0.05, 0) is 37.1 Å². The quantitative estimate of drug-likeness (QED) is 0.516. The summed E-state index contributed by atoms with van der Waals surface area (Å²) in [6, 6.07) is 15.4. The molecule has 4 rings (SSSR count). The Morgan fingerprint density at radius 2 is 1.67 bits per heavy atom. The maximum Gasteiger partial charge on any atom is 0.410 e. The number of ether oxygens (including phenoxy) is 3. The van der Waals surface area contributed by atoms with Crippen LogP contribution in [0.5, 0.6) is 5.75 Å². The van der Waals surface area contributed by atoms with Crippen LogP contribution in [0, 0.1) is 5.41 Å². The number of esters is 1. The van der Waals surface area contributed by atoms with Crippen molar-refractivity contribution < 1.29 is 33.0 Å². The summed E-state index contributed by atoms with van der Waals surface area (Å²) in [4.78, 5) is 41.1. The zero-order valence-corrected chi connectivity index (χ0v) is 20.7. The summed E-state index contributed by atoms with van der Waals surface area (Å²) in [6.45, 7) is 3.50. The molecular formula is C27H31FN2O6. The highest BCUT2D eigenvalue weighted by atomic mass is 19.1. The summed E-state index contributed by atoms with van der Waals surface area (Å²) < 4.78 is 31.7. The molecule has 0 bridgehead atoms. The van der Waals surface area contributed by atoms with Gasteiger partial charge in [0.25, 0.3) is 5.91 Å². The third-order valence-corrected chi connectivity index (χ3v) is 6.76. The molecule has 0 spiro atoms. The molecule has 192 valence electrons. The van der Waals surface area contributed by atoms with Crippen LogP contribution in [-0.2, 0) is 32.3 Å². The van der Waals surface area contributed by atoms with Crippen molar-refractivity contribution >= 4 is 18.0 Å². The van der Waals surface area contributed by atoms with E-state index in [0.717, 1.165) is 11.1 Å². The summed E-state index contributed by atoms with van der Waals surface area (Å²) in [5.74, 6) is -0.515. The maximum atomic E-state index is 15.8. The first-order valence-electron chi connectivity index (χ1n) is 11.9. The third-order valence-electron chi connectivity index (χ3n) is 6.76. The molecular weight excluding hydrogens is 467 g/mol. The molecule has 0 saturated carbocycles. The molecule has 2 aromatic carbocycles. The highest BCUT2D eigenvalue weighted by molar-refractivity contribution is 5.91. The van der Waals surface area contributed by atoms with Gasteiger partial charge < -0.3 is 19.1 Å². The van der Waals surface area contributed by atoms with Crippen molar-refractivity contribution in [2.45, 2.75) is 45.2 Å². The van der Waals surface area contributed by atoms with E-state index in [1.807, 2.05) is 30.3 Å². The lowest BCUT2D eigenvalue weighted by atomic mass is 9.93. The monoisotopic (exact) mass is 498 g/mol. The number of nitrogens with zero attached hydrogens (tertiary/aromatic N) is 2. The molecule has 36 heavy (non-hydrogen) atoms. The zero-order chi connectivity index (χ0) is 25.9. The second kappa shape index (κ2) is 10.2. The van der Waals surface area contributed by atoms with Crippen molar-refractivity contribution in [3.63, 3.8) is 0 Å². The van der Waals surface area contributed by atoms with Gasteiger partial charge in [-0.25, -0.2) is 9.18 Å². The lowest BCUT2D eigenvalue weighted by Gasteiger charge is -2.29. The summed E-state index contributed by atoms with van der Waals surface area (Å²) in [6.07, 6.45) is -0.758. The highest BCUT2D eigenvalue weighted by Crippen LogP contribution is 2.41. The van der Waals surface area contributed by atoms with Crippen molar-refractivity contribution in [1.29, 1.82) is 0 Å². The molecule has 2 aliphatic rings. The largest absolute Gasteiger partial charge is 0.497 e. The van der Waals surface area contributed by atoms with E-state index in [2.05, 4.69) is 0 Å². The van der Waals surface area contributed by atoms with Gasteiger partial charge in [0.05, 0.1) is 18.6 Å². The number of likely N-dealkylation sites (tertiary alicyclic amines) is 2. The topological polar surface area (TPSA) is 85.4 Å². The fraction of sp³-hybridized carbons (Fsp3) is 0.444. The van der Waals surface area contributed by atoms with E-state index in [9.17, 15) is 14.4 Å². The molecule has 2 atom stereocenters. The molecule has 0 N–H and O–H groups in total. The van der Waals surface area contributed by atoms with Crippen molar-refractivity contribution in [2.75, 3.05) is 26.7 Å². The average Bonchev–Trinajstić information content (AvgIpc) is 3.33. The Labute approximate surface area is 209 Å². The molecule has 2 fully saturated rings. The normalized spacial score (nSPS) is 21.3. The van der Waals surface area contributed by atoms with Gasteiger partial charge in [0.2, 0.25) is 5.67 Å². The first-order valence-corrected chi connectivity index (χ1v) is 11.9. The molecule has 0 aromatic heterocycles. The van der Waals surface area contributed by atoms with Crippen LogP contribution in [0.15, 0.2) is 54.6 Å². The second-order valence-corrected chi connectivity index (χ2v) is 9.86. The number of rotatable bonds is 8. The maximum absolute atomic E-state index is 15.8. The van der Waals surface area contributed by atoms with Gasteiger partial charge >= 0.3 is 12.1 Å². The van der Waals surface area contributed by atoms with Crippen LogP contribution in [0.4, 0.5) is 9.18 Å². The second-order valence-electron chi connectivity index (χ2n) is 9.86. The van der Waals surface area contributed by atoms with Crippen LogP contribution in [0.3, 0.4) is 0 Å². The number of hydrogen-bond acceptors (Lipinski definition) is 6. The summed E-state index contributed by atoms with van der Waals surface area (Å²) in [7, 11) is 1.57. The van der Waals surface area contributed by atoms with Gasteiger partial charge in [0.1, 0.15) is 19.0 Å². The molecule has 8 nitrogen and oxygen atoms in total. The molecule has 2 aliphatic heterocycles. The van der Waals surface area contributed by atoms with Crippen molar-refractivity contribution in [3.05, 3.63) is 65.7 Å². The van der Waals surface area contributed by atoms with E-state index in [1.54, 1.807) is 45.2 Å². The van der Waals surface area contributed by atoms with Crippen LogP contribution in [0.25, 0.3) is 0 Å². The fourth-order valence-electron chi connectivity index (χ4n) is 4.66. The van der Waals surface area contributed by atoms with E-state index < -0.39 is 35.1 Å². The molecule has 9 heteroatoms.